The van der Waals surface area contributed by atoms with Gasteiger partial charge in [0.25, 0.3) is 5.91 Å². The molecule has 22 heavy (non-hydrogen) atoms. The number of aliphatic hydroxyl groups is 2. The summed E-state index contributed by atoms with van der Waals surface area (Å²) < 4.78 is 0. The summed E-state index contributed by atoms with van der Waals surface area (Å²) in [5, 5.41) is 23.1. The van der Waals surface area contributed by atoms with Crippen LogP contribution >= 0.6 is 11.3 Å². The molecule has 0 unspecified atom stereocenters. The number of thiophene rings is 1. The van der Waals surface area contributed by atoms with Gasteiger partial charge in [-0.2, -0.15) is 11.3 Å². The third-order valence-electron chi connectivity index (χ3n) is 4.00. The Hall–Kier alpha value is -1.76. The van der Waals surface area contributed by atoms with E-state index in [1.165, 1.54) is 0 Å². The Labute approximate surface area is 132 Å². The highest BCUT2D eigenvalue weighted by Crippen LogP contribution is 2.24. The van der Waals surface area contributed by atoms with E-state index in [0.29, 0.717) is 17.7 Å². The largest absolute Gasteiger partial charge is 0.394 e. The standard InChI is InChI=1S/C16H18N2O3S/c1-10-14(2-3-15(17-10)11-4-5-22-9-11)16(21)18-7-13(20)6-12(18)8-19/h2-5,9,12-13,19-20H,6-8H2,1H3/t12-,13-/m0/s1. The van der Waals surface area contributed by atoms with Crippen molar-refractivity contribution in [2.24, 2.45) is 0 Å². The van der Waals surface area contributed by atoms with Crippen LogP contribution in [0.3, 0.4) is 0 Å². The normalized spacial score (nSPS) is 21.3. The van der Waals surface area contributed by atoms with Crippen molar-refractivity contribution >= 4 is 17.2 Å². The number of hydrogen-bond acceptors (Lipinski definition) is 5. The van der Waals surface area contributed by atoms with Crippen molar-refractivity contribution in [2.45, 2.75) is 25.5 Å². The minimum absolute atomic E-state index is 0.137. The van der Waals surface area contributed by atoms with Gasteiger partial charge in [-0.05, 0) is 36.9 Å². The molecule has 0 spiro atoms. The number of carbonyl (C=O) groups is 1. The Morgan fingerprint density at radius 3 is 2.91 bits per heavy atom. The number of likely N-dealkylation sites (tertiary alicyclic amines) is 1. The van der Waals surface area contributed by atoms with E-state index in [4.69, 9.17) is 0 Å². The molecule has 1 amide bonds. The van der Waals surface area contributed by atoms with Crippen LogP contribution in [-0.2, 0) is 0 Å². The molecule has 1 fully saturated rings. The van der Waals surface area contributed by atoms with Crippen LogP contribution < -0.4 is 0 Å². The van der Waals surface area contributed by atoms with Crippen LogP contribution in [0.5, 0.6) is 0 Å². The zero-order valence-electron chi connectivity index (χ0n) is 12.3. The summed E-state index contributed by atoms with van der Waals surface area (Å²) in [4.78, 5) is 18.7. The lowest BCUT2D eigenvalue weighted by Gasteiger charge is -2.23. The highest BCUT2D eigenvalue weighted by molar-refractivity contribution is 7.08. The van der Waals surface area contributed by atoms with Gasteiger partial charge in [0, 0.05) is 17.5 Å². The lowest BCUT2D eigenvalue weighted by Crippen LogP contribution is -2.38. The van der Waals surface area contributed by atoms with Crippen molar-refractivity contribution in [3.8, 4) is 11.3 Å². The number of aliphatic hydroxyl groups excluding tert-OH is 2. The molecule has 5 nitrogen and oxygen atoms in total. The summed E-state index contributed by atoms with van der Waals surface area (Å²) >= 11 is 1.60. The fraction of sp³-hybridized carbons (Fsp3) is 0.375. The first-order valence-corrected chi connectivity index (χ1v) is 8.14. The topological polar surface area (TPSA) is 73.7 Å². The van der Waals surface area contributed by atoms with Crippen LogP contribution in [0, 0.1) is 6.92 Å². The molecule has 0 radical (unpaired) electrons. The number of carbonyl (C=O) groups excluding carboxylic acids is 1. The predicted octanol–water partition coefficient (Wildman–Crippen LogP) is 1.69. The number of β-amino-alcohol motifs (C(OH)–C–C–N with tert-alkyl or cyclic N) is 1. The molecule has 1 saturated heterocycles. The SMILES string of the molecule is Cc1nc(-c2ccsc2)ccc1C(=O)N1C[C@@H](O)C[C@H]1CO. The molecule has 1 aliphatic heterocycles. The zero-order chi connectivity index (χ0) is 15.7. The summed E-state index contributed by atoms with van der Waals surface area (Å²) in [5.74, 6) is -0.183. The van der Waals surface area contributed by atoms with E-state index in [2.05, 4.69) is 4.98 Å². The molecule has 6 heteroatoms. The van der Waals surface area contributed by atoms with Crippen LogP contribution in [-0.4, -0.2) is 51.3 Å². The number of aromatic nitrogens is 1. The lowest BCUT2D eigenvalue weighted by molar-refractivity contribution is 0.0663. The number of nitrogens with zero attached hydrogens (tertiary/aromatic N) is 2. The molecule has 0 aliphatic carbocycles. The summed E-state index contributed by atoms with van der Waals surface area (Å²) in [5.41, 5.74) is 3.06. The molecular formula is C16H18N2O3S. The second-order valence-corrected chi connectivity index (χ2v) is 6.30. The Morgan fingerprint density at radius 1 is 1.45 bits per heavy atom. The molecule has 0 aromatic carbocycles. The van der Waals surface area contributed by atoms with Crippen molar-refractivity contribution in [2.75, 3.05) is 13.2 Å². The van der Waals surface area contributed by atoms with Gasteiger partial charge in [0.15, 0.2) is 0 Å². The molecule has 2 atom stereocenters. The first-order chi connectivity index (χ1) is 10.6. The van der Waals surface area contributed by atoms with Gasteiger partial charge in [-0.1, -0.05) is 0 Å². The predicted molar refractivity (Wildman–Crippen MR) is 84.8 cm³/mol. The van der Waals surface area contributed by atoms with Crippen molar-refractivity contribution in [1.29, 1.82) is 0 Å². The number of aryl methyl sites for hydroxylation is 1. The van der Waals surface area contributed by atoms with E-state index in [1.807, 2.05) is 29.8 Å². The van der Waals surface area contributed by atoms with Crippen LogP contribution in [0.25, 0.3) is 11.3 Å². The molecule has 0 saturated carbocycles. The van der Waals surface area contributed by atoms with Crippen LogP contribution in [0.15, 0.2) is 29.0 Å². The maximum atomic E-state index is 12.6. The summed E-state index contributed by atoms with van der Waals surface area (Å²) in [6.07, 6.45) is -0.152. The number of amides is 1. The fourth-order valence-electron chi connectivity index (χ4n) is 2.83. The Morgan fingerprint density at radius 2 is 2.27 bits per heavy atom. The van der Waals surface area contributed by atoms with Gasteiger partial charge in [0.2, 0.25) is 0 Å². The van der Waals surface area contributed by atoms with E-state index >= 15 is 0 Å². The van der Waals surface area contributed by atoms with Gasteiger partial charge >= 0.3 is 0 Å². The maximum absolute atomic E-state index is 12.6. The minimum Gasteiger partial charge on any atom is -0.394 e. The smallest absolute Gasteiger partial charge is 0.256 e. The molecule has 2 aromatic heterocycles. The van der Waals surface area contributed by atoms with Gasteiger partial charge in [-0.15, -0.1) is 0 Å². The summed E-state index contributed by atoms with van der Waals surface area (Å²) in [7, 11) is 0. The van der Waals surface area contributed by atoms with Crippen molar-refractivity contribution in [1.82, 2.24) is 9.88 Å². The van der Waals surface area contributed by atoms with Gasteiger partial charge in [0.1, 0.15) is 0 Å². The Bertz CT molecular complexity index is 672. The van der Waals surface area contributed by atoms with Gasteiger partial charge in [-0.25, -0.2) is 0 Å². The van der Waals surface area contributed by atoms with E-state index < -0.39 is 6.10 Å². The Kier molecular flexibility index (Phi) is 4.24. The van der Waals surface area contributed by atoms with Crippen LogP contribution in [0.1, 0.15) is 22.5 Å². The van der Waals surface area contributed by atoms with Gasteiger partial charge in [-0.3, -0.25) is 9.78 Å². The van der Waals surface area contributed by atoms with Crippen LogP contribution in [0.2, 0.25) is 0 Å². The second-order valence-electron chi connectivity index (χ2n) is 5.52. The summed E-state index contributed by atoms with van der Waals surface area (Å²) in [6.45, 7) is 1.93. The quantitative estimate of drug-likeness (QED) is 0.903. The van der Waals surface area contributed by atoms with Crippen molar-refractivity contribution < 1.29 is 15.0 Å². The maximum Gasteiger partial charge on any atom is 0.256 e. The highest BCUT2D eigenvalue weighted by Gasteiger charge is 2.34. The fourth-order valence-corrected chi connectivity index (χ4v) is 3.48. The Balaban J connectivity index is 1.87. The highest BCUT2D eigenvalue weighted by atomic mass is 32.1. The van der Waals surface area contributed by atoms with E-state index in [1.54, 1.807) is 22.3 Å². The van der Waals surface area contributed by atoms with E-state index in [9.17, 15) is 15.0 Å². The lowest BCUT2D eigenvalue weighted by atomic mass is 10.1. The number of rotatable bonds is 3. The molecule has 0 bridgehead atoms. The summed E-state index contributed by atoms with van der Waals surface area (Å²) in [6, 6.07) is 5.28. The minimum atomic E-state index is -0.570. The molecule has 3 heterocycles. The first-order valence-electron chi connectivity index (χ1n) is 7.20. The van der Waals surface area contributed by atoms with E-state index in [-0.39, 0.29) is 25.1 Å². The average Bonchev–Trinajstić information content (AvgIpc) is 3.15. The molecule has 3 rings (SSSR count). The van der Waals surface area contributed by atoms with E-state index in [0.717, 1.165) is 11.3 Å². The van der Waals surface area contributed by atoms with Crippen molar-refractivity contribution in [3.63, 3.8) is 0 Å². The molecule has 1 aliphatic rings. The van der Waals surface area contributed by atoms with Gasteiger partial charge < -0.3 is 15.1 Å². The third kappa shape index (κ3) is 2.77. The first kappa shape index (κ1) is 15.1. The van der Waals surface area contributed by atoms with Crippen molar-refractivity contribution in [3.05, 3.63) is 40.2 Å². The molecule has 2 N–H and O–H groups in total. The molecule has 2 aromatic rings. The third-order valence-corrected chi connectivity index (χ3v) is 4.68. The number of pyridine rings is 1. The van der Waals surface area contributed by atoms with Gasteiger partial charge in [0.05, 0.1) is 35.7 Å². The average molecular weight is 318 g/mol. The van der Waals surface area contributed by atoms with Crippen LogP contribution in [0.4, 0.5) is 0 Å². The monoisotopic (exact) mass is 318 g/mol. The zero-order valence-corrected chi connectivity index (χ0v) is 13.1. The molecular weight excluding hydrogens is 300 g/mol. The second kappa shape index (κ2) is 6.16. The molecule has 116 valence electrons. The number of hydrogen-bond donors (Lipinski definition) is 2.